The Morgan fingerprint density at radius 3 is 2.32 bits per heavy atom. The minimum Gasteiger partial charge on any atom is -0.455 e. The van der Waals surface area contributed by atoms with Crippen molar-refractivity contribution in [2.45, 2.75) is 11.5 Å². The number of anilines is 1. The van der Waals surface area contributed by atoms with E-state index in [1.807, 2.05) is 36.4 Å². The van der Waals surface area contributed by atoms with Crippen molar-refractivity contribution in [3.8, 4) is 0 Å². The van der Waals surface area contributed by atoms with Crippen LogP contribution in [0.4, 0.5) is 5.69 Å². The molecule has 4 rings (SSSR count). The first-order chi connectivity index (χ1) is 15.0. The zero-order chi connectivity index (χ0) is 21.8. The van der Waals surface area contributed by atoms with Crippen LogP contribution in [-0.2, 0) is 22.3 Å². The molecule has 2 heterocycles. The maximum atomic E-state index is 12.8. The summed E-state index contributed by atoms with van der Waals surface area (Å²) >= 11 is 12.1. The lowest BCUT2D eigenvalue weighted by molar-refractivity contribution is 0.0713. The van der Waals surface area contributed by atoms with Crippen molar-refractivity contribution in [3.05, 3.63) is 87.8 Å². The van der Waals surface area contributed by atoms with E-state index in [4.69, 9.17) is 27.6 Å². The number of amides is 1. The third kappa shape index (κ3) is 5.70. The van der Waals surface area contributed by atoms with Gasteiger partial charge in [0, 0.05) is 58.5 Å². The molecule has 1 aliphatic rings. The predicted octanol–water partition coefficient (Wildman–Crippen LogP) is 5.00. The van der Waals surface area contributed by atoms with E-state index in [-0.39, 0.29) is 17.4 Å². The van der Waals surface area contributed by atoms with Gasteiger partial charge in [0.25, 0.3) is 5.91 Å². The van der Waals surface area contributed by atoms with E-state index in [0.717, 1.165) is 24.3 Å². The van der Waals surface area contributed by atoms with Gasteiger partial charge >= 0.3 is 0 Å². The molecule has 1 unspecified atom stereocenters. The summed E-state index contributed by atoms with van der Waals surface area (Å²) in [7, 11) is -1.16. The number of hydrogen-bond acceptors (Lipinski definition) is 4. The molecular formula is C23H22Cl2N2O3S. The highest BCUT2D eigenvalue weighted by molar-refractivity contribution is 7.83. The molecule has 0 bridgehead atoms. The largest absolute Gasteiger partial charge is 0.455 e. The van der Waals surface area contributed by atoms with Crippen LogP contribution in [0.3, 0.4) is 0 Å². The van der Waals surface area contributed by atoms with Crippen molar-refractivity contribution in [3.63, 3.8) is 0 Å². The van der Waals surface area contributed by atoms with Crippen LogP contribution in [0.5, 0.6) is 0 Å². The summed E-state index contributed by atoms with van der Waals surface area (Å²) in [6, 6.07) is 18.4. The summed E-state index contributed by atoms with van der Waals surface area (Å²) in [5.41, 5.74) is 1.97. The number of nitrogens with zero attached hydrogens (tertiary/aromatic N) is 2. The van der Waals surface area contributed by atoms with Crippen LogP contribution in [0, 0.1) is 0 Å². The molecule has 1 aromatic heterocycles. The molecule has 1 fully saturated rings. The lowest BCUT2D eigenvalue weighted by Crippen LogP contribution is -2.48. The van der Waals surface area contributed by atoms with Crippen LogP contribution in [0.15, 0.2) is 65.1 Å². The minimum atomic E-state index is -1.16. The molecule has 162 valence electrons. The third-order valence-corrected chi connectivity index (χ3v) is 6.86. The van der Waals surface area contributed by atoms with Crippen molar-refractivity contribution in [1.29, 1.82) is 0 Å². The lowest BCUT2D eigenvalue weighted by atomic mass is 10.2. The number of halogens is 2. The smallest absolute Gasteiger partial charge is 0.289 e. The summed E-state index contributed by atoms with van der Waals surface area (Å²) in [5, 5.41) is 1.32. The maximum Gasteiger partial charge on any atom is 0.289 e. The van der Waals surface area contributed by atoms with Crippen LogP contribution < -0.4 is 4.90 Å². The normalized spacial score (nSPS) is 15.2. The first kappa shape index (κ1) is 21.9. The number of rotatable bonds is 6. The fourth-order valence-electron chi connectivity index (χ4n) is 3.59. The Hall–Kier alpha value is -2.28. The fraction of sp³-hybridized carbons (Fsp3) is 0.261. The standard InChI is InChI=1S/C23H22Cl2N2O3S/c24-18-4-1-3-17(13-18)15-31(29)16-21-7-8-22(30-21)23(28)27-11-9-26(10-12-27)20-6-2-5-19(25)14-20/h1-8,13-14H,9-12,15-16H2. The molecule has 8 heteroatoms. The average molecular weight is 477 g/mol. The number of benzene rings is 2. The molecule has 3 aromatic rings. The number of carbonyl (C=O) groups excluding carboxylic acids is 1. The zero-order valence-electron chi connectivity index (χ0n) is 16.8. The quantitative estimate of drug-likeness (QED) is 0.502. The Balaban J connectivity index is 1.31. The number of carbonyl (C=O) groups is 1. The molecule has 1 amide bonds. The highest BCUT2D eigenvalue weighted by atomic mass is 35.5. The Kier molecular flexibility index (Phi) is 7.00. The van der Waals surface area contributed by atoms with E-state index in [0.29, 0.717) is 34.6 Å². The van der Waals surface area contributed by atoms with Crippen LogP contribution in [-0.4, -0.2) is 41.2 Å². The second kappa shape index (κ2) is 9.90. The van der Waals surface area contributed by atoms with E-state index >= 15 is 0 Å². The Morgan fingerprint density at radius 2 is 1.61 bits per heavy atom. The van der Waals surface area contributed by atoms with E-state index in [1.54, 1.807) is 29.2 Å². The van der Waals surface area contributed by atoms with Crippen molar-refractivity contribution in [2.24, 2.45) is 0 Å². The SMILES string of the molecule is O=C(c1ccc(CS(=O)Cc2cccc(Cl)c2)o1)N1CCN(c2cccc(Cl)c2)CC1. The molecule has 0 aliphatic carbocycles. The predicted molar refractivity (Wildman–Crippen MR) is 125 cm³/mol. The molecule has 0 saturated carbocycles. The Bertz CT molecular complexity index is 1090. The number of hydrogen-bond donors (Lipinski definition) is 0. The van der Waals surface area contributed by atoms with Crippen molar-refractivity contribution >= 4 is 45.6 Å². The summed E-state index contributed by atoms with van der Waals surface area (Å²) in [6.45, 7) is 2.65. The van der Waals surface area contributed by atoms with Crippen LogP contribution in [0.1, 0.15) is 21.9 Å². The molecule has 0 radical (unpaired) electrons. The molecular weight excluding hydrogens is 455 g/mol. The van der Waals surface area contributed by atoms with Gasteiger partial charge in [0.1, 0.15) is 5.76 Å². The van der Waals surface area contributed by atoms with Gasteiger partial charge in [0.2, 0.25) is 0 Å². The second-order valence-corrected chi connectivity index (χ2v) is 9.71. The molecule has 1 atom stereocenters. The van der Waals surface area contributed by atoms with Gasteiger partial charge in [-0.05, 0) is 48.0 Å². The van der Waals surface area contributed by atoms with Gasteiger partial charge in [-0.15, -0.1) is 0 Å². The van der Waals surface area contributed by atoms with Gasteiger partial charge in [-0.2, -0.15) is 0 Å². The van der Waals surface area contributed by atoms with Crippen LogP contribution >= 0.6 is 23.2 Å². The van der Waals surface area contributed by atoms with E-state index in [9.17, 15) is 9.00 Å². The lowest BCUT2D eigenvalue weighted by Gasteiger charge is -2.35. The first-order valence-electron chi connectivity index (χ1n) is 9.96. The van der Waals surface area contributed by atoms with Gasteiger partial charge in [0.15, 0.2) is 5.76 Å². The van der Waals surface area contributed by atoms with Gasteiger partial charge in [-0.1, -0.05) is 41.4 Å². The second-order valence-electron chi connectivity index (χ2n) is 7.38. The number of piperazine rings is 1. The van der Waals surface area contributed by atoms with E-state index in [2.05, 4.69) is 4.90 Å². The summed E-state index contributed by atoms with van der Waals surface area (Å²) in [5.74, 6) is 1.32. The minimum absolute atomic E-state index is 0.141. The van der Waals surface area contributed by atoms with E-state index in [1.165, 1.54) is 0 Å². The molecule has 0 N–H and O–H groups in total. The van der Waals surface area contributed by atoms with E-state index < -0.39 is 10.8 Å². The first-order valence-corrected chi connectivity index (χ1v) is 12.2. The third-order valence-electron chi connectivity index (χ3n) is 5.13. The van der Waals surface area contributed by atoms with Crippen molar-refractivity contribution in [2.75, 3.05) is 31.1 Å². The van der Waals surface area contributed by atoms with Crippen LogP contribution in [0.25, 0.3) is 0 Å². The summed E-state index contributed by atoms with van der Waals surface area (Å²) in [6.07, 6.45) is 0. The Labute approximate surface area is 194 Å². The highest BCUT2D eigenvalue weighted by Crippen LogP contribution is 2.22. The zero-order valence-corrected chi connectivity index (χ0v) is 19.1. The molecule has 1 aliphatic heterocycles. The summed E-state index contributed by atoms with van der Waals surface area (Å²) < 4.78 is 18.2. The van der Waals surface area contributed by atoms with Crippen LogP contribution in [0.2, 0.25) is 10.0 Å². The molecule has 2 aromatic carbocycles. The van der Waals surface area contributed by atoms with Crippen molar-refractivity contribution in [1.82, 2.24) is 4.90 Å². The van der Waals surface area contributed by atoms with Gasteiger partial charge in [-0.3, -0.25) is 9.00 Å². The van der Waals surface area contributed by atoms with Gasteiger partial charge < -0.3 is 14.2 Å². The summed E-state index contributed by atoms with van der Waals surface area (Å²) in [4.78, 5) is 16.8. The van der Waals surface area contributed by atoms with Gasteiger partial charge in [0.05, 0.1) is 5.75 Å². The Morgan fingerprint density at radius 1 is 0.903 bits per heavy atom. The fourth-order valence-corrected chi connectivity index (χ4v) is 5.11. The number of furan rings is 1. The monoisotopic (exact) mass is 476 g/mol. The average Bonchev–Trinajstić information content (AvgIpc) is 3.21. The molecule has 5 nitrogen and oxygen atoms in total. The highest BCUT2D eigenvalue weighted by Gasteiger charge is 2.24. The van der Waals surface area contributed by atoms with Gasteiger partial charge in [-0.25, -0.2) is 0 Å². The van der Waals surface area contributed by atoms with Crippen molar-refractivity contribution < 1.29 is 13.4 Å². The molecule has 1 saturated heterocycles. The molecule has 0 spiro atoms. The topological polar surface area (TPSA) is 53.8 Å². The maximum absolute atomic E-state index is 12.8. The molecule has 31 heavy (non-hydrogen) atoms.